The SMILES string of the molecule is CCc1nnc(NS(=O)(=O)c2ccc3c(c2)NCCC3)s1. The van der Waals surface area contributed by atoms with Gasteiger partial charge in [0.1, 0.15) is 5.01 Å². The Balaban J connectivity index is 1.87. The van der Waals surface area contributed by atoms with E-state index in [1.54, 1.807) is 12.1 Å². The molecule has 0 saturated carbocycles. The second-order valence-electron chi connectivity index (χ2n) is 4.81. The van der Waals surface area contributed by atoms with E-state index in [2.05, 4.69) is 20.2 Å². The van der Waals surface area contributed by atoms with Crippen molar-refractivity contribution in [3.8, 4) is 0 Å². The number of hydrogen-bond acceptors (Lipinski definition) is 6. The molecule has 0 spiro atoms. The fourth-order valence-corrected chi connectivity index (χ4v) is 4.15. The normalized spacial score (nSPS) is 14.3. The smallest absolute Gasteiger partial charge is 0.263 e. The van der Waals surface area contributed by atoms with Crippen LogP contribution in [0.5, 0.6) is 0 Å². The lowest BCUT2D eigenvalue weighted by molar-refractivity contribution is 0.601. The molecule has 1 aromatic carbocycles. The van der Waals surface area contributed by atoms with Gasteiger partial charge in [0, 0.05) is 12.2 Å². The van der Waals surface area contributed by atoms with Gasteiger partial charge in [-0.3, -0.25) is 4.72 Å². The van der Waals surface area contributed by atoms with Crippen molar-refractivity contribution < 1.29 is 8.42 Å². The highest BCUT2D eigenvalue weighted by Crippen LogP contribution is 2.27. The van der Waals surface area contributed by atoms with Crippen molar-refractivity contribution in [3.05, 3.63) is 28.8 Å². The second kappa shape index (κ2) is 5.61. The summed E-state index contributed by atoms with van der Waals surface area (Å²) in [7, 11) is -3.62. The first kappa shape index (κ1) is 14.3. The number of sulfonamides is 1. The summed E-state index contributed by atoms with van der Waals surface area (Å²) >= 11 is 1.26. The van der Waals surface area contributed by atoms with E-state index in [1.807, 2.05) is 13.0 Å². The summed E-state index contributed by atoms with van der Waals surface area (Å²) in [5.74, 6) is 0. The van der Waals surface area contributed by atoms with E-state index < -0.39 is 10.0 Å². The molecular weight excluding hydrogens is 308 g/mol. The fourth-order valence-electron chi connectivity index (χ4n) is 2.22. The van der Waals surface area contributed by atoms with E-state index in [1.165, 1.54) is 11.3 Å². The molecule has 8 heteroatoms. The maximum absolute atomic E-state index is 12.4. The minimum Gasteiger partial charge on any atom is -0.385 e. The van der Waals surface area contributed by atoms with Gasteiger partial charge in [0.05, 0.1) is 4.90 Å². The Morgan fingerprint density at radius 3 is 3.00 bits per heavy atom. The summed E-state index contributed by atoms with van der Waals surface area (Å²) in [6.07, 6.45) is 2.79. The van der Waals surface area contributed by atoms with Crippen LogP contribution in [0.25, 0.3) is 0 Å². The molecule has 1 aliphatic heterocycles. The Labute approximate surface area is 127 Å². The molecular formula is C13H16N4O2S2. The maximum Gasteiger partial charge on any atom is 0.263 e. The minimum atomic E-state index is -3.62. The molecule has 21 heavy (non-hydrogen) atoms. The highest BCUT2D eigenvalue weighted by Gasteiger charge is 2.19. The third-order valence-electron chi connectivity index (χ3n) is 3.32. The third-order valence-corrected chi connectivity index (χ3v) is 5.77. The van der Waals surface area contributed by atoms with Gasteiger partial charge in [0.2, 0.25) is 5.13 Å². The molecule has 3 rings (SSSR count). The molecule has 2 heterocycles. The number of nitrogens with zero attached hydrogens (tertiary/aromatic N) is 2. The predicted octanol–water partition coefficient (Wildman–Crippen LogP) is 2.26. The molecule has 1 aromatic heterocycles. The van der Waals surface area contributed by atoms with E-state index in [-0.39, 0.29) is 4.90 Å². The molecule has 0 unspecified atom stereocenters. The van der Waals surface area contributed by atoms with Gasteiger partial charge >= 0.3 is 0 Å². The van der Waals surface area contributed by atoms with E-state index in [0.717, 1.165) is 42.1 Å². The standard InChI is InChI=1S/C13H16N4O2S2/c1-2-12-15-16-13(20-12)17-21(18,19)10-6-5-9-4-3-7-14-11(9)8-10/h5-6,8,14H,2-4,7H2,1H3,(H,16,17). The lowest BCUT2D eigenvalue weighted by Gasteiger charge is -2.18. The first-order chi connectivity index (χ1) is 10.1. The molecule has 0 saturated heterocycles. The number of benzene rings is 1. The average molecular weight is 324 g/mol. The van der Waals surface area contributed by atoms with Crippen LogP contribution in [0.3, 0.4) is 0 Å². The van der Waals surface area contributed by atoms with Crippen LogP contribution in [-0.2, 0) is 22.9 Å². The van der Waals surface area contributed by atoms with E-state index in [0.29, 0.717) is 5.13 Å². The number of nitrogens with one attached hydrogen (secondary N) is 2. The van der Waals surface area contributed by atoms with Crippen LogP contribution < -0.4 is 10.0 Å². The summed E-state index contributed by atoms with van der Waals surface area (Å²) in [5, 5.41) is 12.1. The molecule has 6 nitrogen and oxygen atoms in total. The van der Waals surface area contributed by atoms with Crippen molar-refractivity contribution in [1.82, 2.24) is 10.2 Å². The van der Waals surface area contributed by atoms with Crippen molar-refractivity contribution in [2.24, 2.45) is 0 Å². The Morgan fingerprint density at radius 1 is 1.38 bits per heavy atom. The summed E-state index contributed by atoms with van der Waals surface area (Å²) in [6.45, 7) is 2.83. The number of hydrogen-bond donors (Lipinski definition) is 2. The molecule has 2 N–H and O–H groups in total. The number of anilines is 2. The summed E-state index contributed by atoms with van der Waals surface area (Å²) in [5.41, 5.74) is 2.06. The summed E-state index contributed by atoms with van der Waals surface area (Å²) < 4.78 is 27.3. The Morgan fingerprint density at radius 2 is 2.24 bits per heavy atom. The summed E-state index contributed by atoms with van der Waals surface area (Å²) in [6, 6.07) is 5.18. The van der Waals surface area contributed by atoms with Crippen LogP contribution >= 0.6 is 11.3 Å². The lowest BCUT2D eigenvalue weighted by Crippen LogP contribution is -2.16. The molecule has 0 atom stereocenters. The van der Waals surface area contributed by atoms with Crippen LogP contribution in [0, 0.1) is 0 Å². The second-order valence-corrected chi connectivity index (χ2v) is 7.55. The Kier molecular flexibility index (Phi) is 3.81. The molecule has 0 fully saturated rings. The van der Waals surface area contributed by atoms with Gasteiger partial charge in [-0.2, -0.15) is 0 Å². The van der Waals surface area contributed by atoms with Crippen molar-refractivity contribution in [3.63, 3.8) is 0 Å². The van der Waals surface area contributed by atoms with E-state index in [4.69, 9.17) is 0 Å². The highest BCUT2D eigenvalue weighted by molar-refractivity contribution is 7.93. The minimum absolute atomic E-state index is 0.240. The number of rotatable bonds is 4. The average Bonchev–Trinajstić information content (AvgIpc) is 2.93. The highest BCUT2D eigenvalue weighted by atomic mass is 32.2. The Hall–Kier alpha value is -1.67. The topological polar surface area (TPSA) is 84.0 Å². The van der Waals surface area contributed by atoms with Crippen LogP contribution in [0.15, 0.2) is 23.1 Å². The predicted molar refractivity (Wildman–Crippen MR) is 83.3 cm³/mol. The Bertz CT molecular complexity index is 755. The number of aryl methyl sites for hydroxylation is 2. The monoisotopic (exact) mass is 324 g/mol. The third kappa shape index (κ3) is 3.01. The molecule has 0 aliphatic carbocycles. The zero-order chi connectivity index (χ0) is 14.9. The molecule has 1 aliphatic rings. The van der Waals surface area contributed by atoms with Crippen LogP contribution in [0.2, 0.25) is 0 Å². The van der Waals surface area contributed by atoms with Crippen molar-refractivity contribution in [1.29, 1.82) is 0 Å². The van der Waals surface area contributed by atoms with Crippen molar-refractivity contribution >= 4 is 32.2 Å². The van der Waals surface area contributed by atoms with Gasteiger partial charge in [-0.25, -0.2) is 8.42 Å². The summed E-state index contributed by atoms with van der Waals surface area (Å²) in [4.78, 5) is 0.240. The fraction of sp³-hybridized carbons (Fsp3) is 0.385. The van der Waals surface area contributed by atoms with Crippen LogP contribution in [0.4, 0.5) is 10.8 Å². The van der Waals surface area contributed by atoms with Gasteiger partial charge in [-0.15, -0.1) is 10.2 Å². The molecule has 0 radical (unpaired) electrons. The van der Waals surface area contributed by atoms with E-state index >= 15 is 0 Å². The molecule has 0 amide bonds. The number of fused-ring (bicyclic) bond motifs is 1. The first-order valence-electron chi connectivity index (χ1n) is 6.80. The van der Waals surface area contributed by atoms with E-state index in [9.17, 15) is 8.42 Å². The number of aromatic nitrogens is 2. The lowest BCUT2D eigenvalue weighted by atomic mass is 10.0. The molecule has 0 bridgehead atoms. The maximum atomic E-state index is 12.4. The van der Waals surface area contributed by atoms with Gasteiger partial charge < -0.3 is 5.32 Å². The zero-order valence-electron chi connectivity index (χ0n) is 11.6. The largest absolute Gasteiger partial charge is 0.385 e. The molecule has 2 aromatic rings. The molecule has 112 valence electrons. The van der Waals surface area contributed by atoms with Crippen molar-refractivity contribution in [2.75, 3.05) is 16.6 Å². The van der Waals surface area contributed by atoms with Crippen LogP contribution in [0.1, 0.15) is 23.9 Å². The van der Waals surface area contributed by atoms with Gasteiger partial charge in [-0.1, -0.05) is 24.3 Å². The van der Waals surface area contributed by atoms with Gasteiger partial charge in [-0.05, 0) is 37.0 Å². The van der Waals surface area contributed by atoms with Crippen molar-refractivity contribution in [2.45, 2.75) is 31.1 Å². The first-order valence-corrected chi connectivity index (χ1v) is 9.10. The van der Waals surface area contributed by atoms with Gasteiger partial charge in [0.15, 0.2) is 0 Å². The van der Waals surface area contributed by atoms with Gasteiger partial charge in [0.25, 0.3) is 10.0 Å². The zero-order valence-corrected chi connectivity index (χ0v) is 13.2. The quantitative estimate of drug-likeness (QED) is 0.901. The van der Waals surface area contributed by atoms with Crippen LogP contribution in [-0.4, -0.2) is 25.2 Å².